The molecule has 0 amide bonds. The topological polar surface area (TPSA) is 54.2 Å². The lowest BCUT2D eigenvalue weighted by molar-refractivity contribution is 0.190. The first kappa shape index (κ1) is 14.5. The summed E-state index contributed by atoms with van der Waals surface area (Å²) >= 11 is 0. The Kier molecular flexibility index (Phi) is 5.79. The average Bonchev–Trinajstić information content (AvgIpc) is 2.88. The van der Waals surface area contributed by atoms with Crippen molar-refractivity contribution in [3.63, 3.8) is 0 Å². The number of rotatable bonds is 7. The first-order valence-corrected chi connectivity index (χ1v) is 7.50. The summed E-state index contributed by atoms with van der Waals surface area (Å²) in [6, 6.07) is 0. The first-order valence-electron chi connectivity index (χ1n) is 7.50. The van der Waals surface area contributed by atoms with Gasteiger partial charge in [0.15, 0.2) is 5.82 Å². The fourth-order valence-electron chi connectivity index (χ4n) is 2.66. The van der Waals surface area contributed by atoms with Crippen molar-refractivity contribution < 1.29 is 4.52 Å². The summed E-state index contributed by atoms with van der Waals surface area (Å²) < 4.78 is 5.30. The summed E-state index contributed by atoms with van der Waals surface area (Å²) in [4.78, 5) is 7.01. The zero-order valence-electron chi connectivity index (χ0n) is 12.2. The highest BCUT2D eigenvalue weighted by molar-refractivity contribution is 4.90. The van der Waals surface area contributed by atoms with Gasteiger partial charge in [-0.1, -0.05) is 12.1 Å². The van der Waals surface area contributed by atoms with E-state index in [9.17, 15) is 0 Å². The van der Waals surface area contributed by atoms with E-state index in [1.807, 2.05) is 7.05 Å². The number of aromatic nitrogens is 2. The molecule has 0 aliphatic carbocycles. The molecule has 19 heavy (non-hydrogen) atoms. The normalized spacial score (nSPS) is 18.0. The summed E-state index contributed by atoms with van der Waals surface area (Å²) in [7, 11) is 1.96. The Bertz CT molecular complexity index is 358. The van der Waals surface area contributed by atoms with Crippen LogP contribution in [-0.4, -0.2) is 48.3 Å². The fourth-order valence-corrected chi connectivity index (χ4v) is 2.66. The van der Waals surface area contributed by atoms with E-state index in [-0.39, 0.29) is 0 Å². The van der Waals surface area contributed by atoms with Crippen molar-refractivity contribution in [2.24, 2.45) is 5.92 Å². The van der Waals surface area contributed by atoms with E-state index in [4.69, 9.17) is 4.52 Å². The van der Waals surface area contributed by atoms with Gasteiger partial charge in [-0.15, -0.1) is 0 Å². The fraction of sp³-hybridized carbons (Fsp3) is 0.857. The van der Waals surface area contributed by atoms with Gasteiger partial charge in [-0.05, 0) is 58.4 Å². The van der Waals surface area contributed by atoms with E-state index >= 15 is 0 Å². The SMILES string of the molecule is CCN1CCC(Cc2noc(CCCNC)n2)CC1. The maximum atomic E-state index is 5.30. The van der Waals surface area contributed by atoms with Crippen LogP contribution in [0.15, 0.2) is 4.52 Å². The Morgan fingerprint density at radius 1 is 1.37 bits per heavy atom. The molecule has 1 saturated heterocycles. The van der Waals surface area contributed by atoms with E-state index in [1.54, 1.807) is 0 Å². The predicted octanol–water partition coefficient (Wildman–Crippen LogP) is 1.50. The molecule has 1 aromatic heterocycles. The lowest BCUT2D eigenvalue weighted by Crippen LogP contribution is -2.34. The number of hydrogen-bond acceptors (Lipinski definition) is 5. The number of likely N-dealkylation sites (tertiary alicyclic amines) is 1. The monoisotopic (exact) mass is 266 g/mol. The van der Waals surface area contributed by atoms with Gasteiger partial charge in [0.1, 0.15) is 0 Å². The molecule has 5 nitrogen and oxygen atoms in total. The summed E-state index contributed by atoms with van der Waals surface area (Å²) in [6.45, 7) is 6.83. The maximum Gasteiger partial charge on any atom is 0.226 e. The van der Waals surface area contributed by atoms with E-state index < -0.39 is 0 Å². The highest BCUT2D eigenvalue weighted by Crippen LogP contribution is 2.20. The van der Waals surface area contributed by atoms with Crippen molar-refractivity contribution in [2.45, 2.75) is 39.0 Å². The molecule has 1 fully saturated rings. The lowest BCUT2D eigenvalue weighted by Gasteiger charge is -2.30. The van der Waals surface area contributed by atoms with Crippen molar-refractivity contribution in [1.29, 1.82) is 0 Å². The van der Waals surface area contributed by atoms with Gasteiger partial charge in [-0.3, -0.25) is 0 Å². The van der Waals surface area contributed by atoms with Gasteiger partial charge in [-0.25, -0.2) is 0 Å². The molecular weight excluding hydrogens is 240 g/mol. The molecule has 0 bridgehead atoms. The summed E-state index contributed by atoms with van der Waals surface area (Å²) in [5.41, 5.74) is 0. The molecule has 1 aliphatic rings. The van der Waals surface area contributed by atoms with Crippen LogP contribution in [0.1, 0.15) is 37.9 Å². The second-order valence-corrected chi connectivity index (χ2v) is 5.39. The van der Waals surface area contributed by atoms with Gasteiger partial charge < -0.3 is 14.7 Å². The zero-order chi connectivity index (χ0) is 13.5. The molecule has 0 spiro atoms. The van der Waals surface area contributed by atoms with E-state index in [0.29, 0.717) is 0 Å². The van der Waals surface area contributed by atoms with E-state index in [1.165, 1.54) is 32.5 Å². The summed E-state index contributed by atoms with van der Waals surface area (Å²) in [6.07, 6.45) is 5.43. The number of nitrogens with zero attached hydrogens (tertiary/aromatic N) is 3. The van der Waals surface area contributed by atoms with Crippen molar-refractivity contribution in [2.75, 3.05) is 33.2 Å². The van der Waals surface area contributed by atoms with E-state index in [0.717, 1.165) is 43.4 Å². The molecule has 1 N–H and O–H groups in total. The standard InChI is InChI=1S/C14H26N4O/c1-3-18-9-6-12(7-10-18)11-13-16-14(19-17-13)5-4-8-15-2/h12,15H,3-11H2,1-2H3. The number of piperidine rings is 1. The van der Waals surface area contributed by atoms with Gasteiger partial charge in [0.25, 0.3) is 0 Å². The minimum atomic E-state index is 0.727. The first-order chi connectivity index (χ1) is 9.31. The Balaban J connectivity index is 1.74. The van der Waals surface area contributed by atoms with Crippen molar-refractivity contribution in [3.05, 3.63) is 11.7 Å². The van der Waals surface area contributed by atoms with Crippen molar-refractivity contribution >= 4 is 0 Å². The van der Waals surface area contributed by atoms with Gasteiger partial charge in [-0.2, -0.15) is 4.98 Å². The lowest BCUT2D eigenvalue weighted by atomic mass is 9.93. The quantitative estimate of drug-likeness (QED) is 0.758. The molecule has 0 unspecified atom stereocenters. The van der Waals surface area contributed by atoms with Crippen LogP contribution in [0, 0.1) is 5.92 Å². The second kappa shape index (κ2) is 7.60. The highest BCUT2D eigenvalue weighted by Gasteiger charge is 2.20. The third-order valence-electron chi connectivity index (χ3n) is 3.95. The van der Waals surface area contributed by atoms with E-state index in [2.05, 4.69) is 27.3 Å². The largest absolute Gasteiger partial charge is 0.339 e. The van der Waals surface area contributed by atoms with Crippen molar-refractivity contribution in [1.82, 2.24) is 20.4 Å². The van der Waals surface area contributed by atoms with Crippen LogP contribution in [0.4, 0.5) is 0 Å². The molecule has 1 aliphatic heterocycles. The smallest absolute Gasteiger partial charge is 0.226 e. The molecule has 0 radical (unpaired) electrons. The van der Waals surface area contributed by atoms with Gasteiger partial charge in [0.05, 0.1) is 0 Å². The van der Waals surface area contributed by atoms with Crippen LogP contribution in [0.25, 0.3) is 0 Å². The molecule has 0 saturated carbocycles. The van der Waals surface area contributed by atoms with Gasteiger partial charge in [0.2, 0.25) is 5.89 Å². The minimum Gasteiger partial charge on any atom is -0.339 e. The maximum absolute atomic E-state index is 5.30. The Labute approximate surface area is 115 Å². The van der Waals surface area contributed by atoms with Crippen LogP contribution in [0.5, 0.6) is 0 Å². The third-order valence-corrected chi connectivity index (χ3v) is 3.95. The van der Waals surface area contributed by atoms with Crippen LogP contribution in [0.2, 0.25) is 0 Å². The second-order valence-electron chi connectivity index (χ2n) is 5.39. The average molecular weight is 266 g/mol. The molecule has 1 aromatic rings. The summed E-state index contributed by atoms with van der Waals surface area (Å²) in [5.74, 6) is 2.41. The van der Waals surface area contributed by atoms with Gasteiger partial charge >= 0.3 is 0 Å². The Morgan fingerprint density at radius 3 is 2.84 bits per heavy atom. The molecule has 2 rings (SSSR count). The summed E-state index contributed by atoms with van der Waals surface area (Å²) in [5, 5.41) is 7.23. The molecule has 5 heteroatoms. The number of nitrogens with one attached hydrogen (secondary N) is 1. The van der Waals surface area contributed by atoms with Crippen LogP contribution in [-0.2, 0) is 12.8 Å². The van der Waals surface area contributed by atoms with Crippen LogP contribution >= 0.6 is 0 Å². The molecule has 0 atom stereocenters. The molecule has 2 heterocycles. The Morgan fingerprint density at radius 2 is 2.16 bits per heavy atom. The molecule has 108 valence electrons. The Hall–Kier alpha value is -0.940. The molecular formula is C14H26N4O. The van der Waals surface area contributed by atoms with Crippen LogP contribution < -0.4 is 5.32 Å². The zero-order valence-corrected chi connectivity index (χ0v) is 12.2. The number of hydrogen-bond donors (Lipinski definition) is 1. The minimum absolute atomic E-state index is 0.727. The van der Waals surface area contributed by atoms with Crippen molar-refractivity contribution in [3.8, 4) is 0 Å². The highest BCUT2D eigenvalue weighted by atomic mass is 16.5. The molecule has 0 aromatic carbocycles. The number of aryl methyl sites for hydroxylation is 1. The third kappa shape index (κ3) is 4.58. The van der Waals surface area contributed by atoms with Gasteiger partial charge in [0, 0.05) is 12.8 Å². The van der Waals surface area contributed by atoms with Crippen LogP contribution in [0.3, 0.4) is 0 Å². The predicted molar refractivity (Wildman–Crippen MR) is 75.1 cm³/mol.